The van der Waals surface area contributed by atoms with Crippen LogP contribution in [-0.4, -0.2) is 0 Å². The molecule has 0 saturated heterocycles. The van der Waals surface area contributed by atoms with E-state index in [1.165, 1.54) is 81.8 Å². The minimum atomic E-state index is -0.606. The molecule has 11 aromatic rings. The van der Waals surface area contributed by atoms with Crippen molar-refractivity contribution in [3.05, 3.63) is 293 Å². The van der Waals surface area contributed by atoms with Crippen molar-refractivity contribution in [2.45, 2.75) is 20.6 Å². The second kappa shape index (κ2) is 14.6. The van der Waals surface area contributed by atoms with Crippen molar-refractivity contribution in [2.75, 3.05) is 4.90 Å². The average molecular weight is 896 g/mol. The molecule has 0 fully saturated rings. The van der Waals surface area contributed by atoms with Crippen molar-refractivity contribution >= 4 is 39.6 Å². The van der Waals surface area contributed by atoms with Gasteiger partial charge in [-0.1, -0.05) is 212 Å². The average Bonchev–Trinajstić information content (AvgIpc) is 3.88. The fourth-order valence-electron chi connectivity index (χ4n) is 12.8. The van der Waals surface area contributed by atoms with E-state index < -0.39 is 10.8 Å². The standard InChI is InChI=1S/C66H41NOS/c1-2-19-42(20-3-1)45-21-6-13-31-57(45)67(58-32-18-30-55-64(58)47-23-5-8-25-50(47)65(55)51-26-9-14-33-59(51)68-60-34-15-10-27-52(60)65)44-39-37-43-38-40-56-63(48(43)41-44)46-22-4-7-24-49(46)66(56)53-28-11-16-35-61(53)69-62-36-17-12-29-54(62)66/h1-41H. The second-order valence-corrected chi connectivity index (χ2v) is 19.7. The molecular weight excluding hydrogens is 855 g/mol. The van der Waals surface area contributed by atoms with Gasteiger partial charge < -0.3 is 9.64 Å². The largest absolute Gasteiger partial charge is 0.457 e. The quantitative estimate of drug-likeness (QED) is 0.175. The lowest BCUT2D eigenvalue weighted by Crippen LogP contribution is -2.32. The van der Waals surface area contributed by atoms with E-state index in [-0.39, 0.29) is 0 Å². The van der Waals surface area contributed by atoms with Crippen LogP contribution in [-0.2, 0) is 10.8 Å². The number of hydrogen-bond acceptors (Lipinski definition) is 3. The normalized spacial score (nSPS) is 14.4. The van der Waals surface area contributed by atoms with E-state index in [1.54, 1.807) is 0 Å². The van der Waals surface area contributed by atoms with Crippen molar-refractivity contribution in [1.82, 2.24) is 0 Å². The number of nitrogens with zero attached hydrogens (tertiary/aromatic N) is 1. The van der Waals surface area contributed by atoms with Crippen LogP contribution < -0.4 is 9.64 Å². The monoisotopic (exact) mass is 895 g/mol. The molecule has 2 nitrogen and oxygen atoms in total. The third-order valence-corrected chi connectivity index (χ3v) is 16.5. The molecule has 0 bridgehead atoms. The topological polar surface area (TPSA) is 12.5 Å². The summed E-state index contributed by atoms with van der Waals surface area (Å²) in [5, 5.41) is 2.45. The molecule has 3 heteroatoms. The Bertz CT molecular complexity index is 3850. The van der Waals surface area contributed by atoms with Crippen LogP contribution in [0.5, 0.6) is 11.5 Å². The van der Waals surface area contributed by atoms with Crippen LogP contribution in [0, 0.1) is 0 Å². The van der Waals surface area contributed by atoms with Gasteiger partial charge in [0.2, 0.25) is 0 Å². The van der Waals surface area contributed by atoms with Crippen LogP contribution in [0.25, 0.3) is 44.2 Å². The maximum Gasteiger partial charge on any atom is 0.132 e. The Hall–Kier alpha value is -8.37. The van der Waals surface area contributed by atoms with E-state index in [4.69, 9.17) is 4.74 Å². The lowest BCUT2D eigenvalue weighted by molar-refractivity contribution is 0.436. The van der Waals surface area contributed by atoms with E-state index in [0.29, 0.717) is 0 Å². The van der Waals surface area contributed by atoms with E-state index >= 15 is 0 Å². The van der Waals surface area contributed by atoms with Crippen LogP contribution in [0.15, 0.2) is 259 Å². The van der Waals surface area contributed by atoms with E-state index in [1.807, 2.05) is 11.8 Å². The minimum absolute atomic E-state index is 0.470. The summed E-state index contributed by atoms with van der Waals surface area (Å²) in [6.07, 6.45) is 0. The summed E-state index contributed by atoms with van der Waals surface area (Å²) in [4.78, 5) is 5.16. The number of benzene rings is 11. The molecule has 2 spiro atoms. The summed E-state index contributed by atoms with van der Waals surface area (Å²) < 4.78 is 6.75. The third-order valence-electron chi connectivity index (χ3n) is 15.4. The number of rotatable bonds is 4. The fraction of sp³-hybridized carbons (Fsp3) is 0.0303. The molecule has 2 heterocycles. The Morgan fingerprint density at radius 2 is 0.812 bits per heavy atom. The lowest BCUT2D eigenvalue weighted by Gasteiger charge is -2.39. The van der Waals surface area contributed by atoms with Crippen LogP contribution in [0.1, 0.15) is 44.5 Å². The van der Waals surface area contributed by atoms with Crippen LogP contribution >= 0.6 is 11.8 Å². The molecule has 0 aromatic heterocycles. The maximum atomic E-state index is 6.75. The lowest BCUT2D eigenvalue weighted by atomic mass is 9.66. The fourth-order valence-corrected chi connectivity index (χ4v) is 14.0. The molecule has 322 valence electrons. The minimum Gasteiger partial charge on any atom is -0.457 e. The molecule has 0 amide bonds. The first-order valence-corrected chi connectivity index (χ1v) is 24.6. The highest BCUT2D eigenvalue weighted by Gasteiger charge is 2.53. The van der Waals surface area contributed by atoms with Crippen molar-refractivity contribution in [3.63, 3.8) is 0 Å². The number of para-hydroxylation sites is 3. The molecule has 4 aliphatic rings. The summed E-state index contributed by atoms with van der Waals surface area (Å²) in [5.74, 6) is 1.78. The van der Waals surface area contributed by atoms with Crippen LogP contribution in [0.3, 0.4) is 0 Å². The van der Waals surface area contributed by atoms with Gasteiger partial charge in [0.15, 0.2) is 0 Å². The van der Waals surface area contributed by atoms with Gasteiger partial charge in [-0.25, -0.2) is 0 Å². The highest BCUT2D eigenvalue weighted by Crippen LogP contribution is 2.66. The van der Waals surface area contributed by atoms with Gasteiger partial charge in [0.05, 0.1) is 22.2 Å². The van der Waals surface area contributed by atoms with Crippen molar-refractivity contribution in [3.8, 4) is 44.9 Å². The van der Waals surface area contributed by atoms with Gasteiger partial charge in [-0.05, 0) is 115 Å². The number of fused-ring (bicyclic) bond motifs is 20. The maximum absolute atomic E-state index is 6.75. The van der Waals surface area contributed by atoms with Gasteiger partial charge in [0.1, 0.15) is 11.5 Å². The molecule has 69 heavy (non-hydrogen) atoms. The number of ether oxygens (including phenoxy) is 1. The summed E-state index contributed by atoms with van der Waals surface area (Å²) in [6, 6.07) is 92.4. The first-order valence-electron chi connectivity index (χ1n) is 23.8. The van der Waals surface area contributed by atoms with Gasteiger partial charge in [0, 0.05) is 37.7 Å². The zero-order valence-corrected chi connectivity index (χ0v) is 38.3. The number of hydrogen-bond donors (Lipinski definition) is 0. The predicted octanol–water partition coefficient (Wildman–Crippen LogP) is 17.3. The molecular formula is C66H41NOS. The highest BCUT2D eigenvalue weighted by molar-refractivity contribution is 7.99. The van der Waals surface area contributed by atoms with Gasteiger partial charge in [-0.15, -0.1) is 0 Å². The molecule has 2 aliphatic heterocycles. The molecule has 15 rings (SSSR count). The molecule has 0 saturated carbocycles. The van der Waals surface area contributed by atoms with Gasteiger partial charge in [-0.2, -0.15) is 0 Å². The van der Waals surface area contributed by atoms with Crippen LogP contribution in [0.4, 0.5) is 17.1 Å². The van der Waals surface area contributed by atoms with Gasteiger partial charge in [-0.3, -0.25) is 0 Å². The molecule has 0 unspecified atom stereocenters. The van der Waals surface area contributed by atoms with Crippen molar-refractivity contribution < 1.29 is 4.74 Å². The summed E-state index contributed by atoms with van der Waals surface area (Å²) in [6.45, 7) is 0. The Morgan fingerprint density at radius 3 is 1.49 bits per heavy atom. The Morgan fingerprint density at radius 1 is 0.333 bits per heavy atom. The Labute approximate surface area is 405 Å². The van der Waals surface area contributed by atoms with Crippen molar-refractivity contribution in [2.24, 2.45) is 0 Å². The first-order chi connectivity index (χ1) is 34.2. The smallest absolute Gasteiger partial charge is 0.132 e. The Balaban J connectivity index is 1.04. The molecule has 11 aromatic carbocycles. The predicted molar refractivity (Wildman–Crippen MR) is 283 cm³/mol. The SMILES string of the molecule is c1ccc(-c2ccccc2N(c2ccc3ccc4c(c3c2)-c2ccccc2C42c3ccccc3Sc3ccccc32)c2cccc3c2-c2ccccc2C32c3ccccc3Oc3ccccc32)cc1. The third kappa shape index (κ3) is 5.12. The Kier molecular flexibility index (Phi) is 8.17. The summed E-state index contributed by atoms with van der Waals surface area (Å²) >= 11 is 1.89. The zero-order chi connectivity index (χ0) is 45.3. The highest BCUT2D eigenvalue weighted by atomic mass is 32.2. The van der Waals surface area contributed by atoms with Gasteiger partial charge in [0.25, 0.3) is 0 Å². The van der Waals surface area contributed by atoms with E-state index in [9.17, 15) is 0 Å². The van der Waals surface area contributed by atoms with Crippen molar-refractivity contribution in [1.29, 1.82) is 0 Å². The first kappa shape index (κ1) is 38.7. The second-order valence-electron chi connectivity index (χ2n) is 18.6. The molecule has 0 atom stereocenters. The molecule has 2 aliphatic carbocycles. The summed E-state index contributed by atoms with van der Waals surface area (Å²) in [7, 11) is 0. The van der Waals surface area contributed by atoms with E-state index in [2.05, 4.69) is 254 Å². The van der Waals surface area contributed by atoms with Crippen LogP contribution in [0.2, 0.25) is 0 Å². The molecule has 0 radical (unpaired) electrons. The number of anilines is 3. The van der Waals surface area contributed by atoms with E-state index in [0.717, 1.165) is 45.3 Å². The summed E-state index contributed by atoms with van der Waals surface area (Å²) in [5.41, 5.74) is 19.8. The zero-order valence-electron chi connectivity index (χ0n) is 37.4. The van der Waals surface area contributed by atoms with Gasteiger partial charge >= 0.3 is 0 Å². The molecule has 0 N–H and O–H groups in total.